The minimum atomic E-state index is 0.254. The van der Waals surface area contributed by atoms with Crippen LogP contribution in [0.2, 0.25) is 0 Å². The molecule has 2 fully saturated rings. The molecule has 0 aromatic rings. The monoisotopic (exact) mass is 238 g/mol. The van der Waals surface area contributed by atoms with Crippen molar-refractivity contribution in [3.8, 4) is 0 Å². The molecule has 2 rings (SSSR count). The van der Waals surface area contributed by atoms with Gasteiger partial charge in [0.25, 0.3) is 0 Å². The Balaban J connectivity index is 1.92. The smallest absolute Gasteiger partial charge is 0.0306 e. The molecule has 2 heteroatoms. The van der Waals surface area contributed by atoms with E-state index in [1.54, 1.807) is 0 Å². The van der Waals surface area contributed by atoms with Crippen molar-refractivity contribution in [3.05, 3.63) is 0 Å². The van der Waals surface area contributed by atoms with Crippen LogP contribution < -0.4 is 11.1 Å². The quantitative estimate of drug-likeness (QED) is 0.793. The third kappa shape index (κ3) is 3.23. The molecule has 0 spiro atoms. The van der Waals surface area contributed by atoms with Crippen LogP contribution in [-0.4, -0.2) is 18.1 Å². The lowest BCUT2D eigenvalue weighted by Gasteiger charge is -2.45. The summed E-state index contributed by atoms with van der Waals surface area (Å²) in [7, 11) is 0. The number of hydrogen-bond acceptors (Lipinski definition) is 2. The van der Waals surface area contributed by atoms with E-state index in [0.29, 0.717) is 5.41 Å². The maximum Gasteiger partial charge on any atom is 0.0306 e. The van der Waals surface area contributed by atoms with E-state index in [2.05, 4.69) is 26.1 Å². The maximum absolute atomic E-state index is 6.08. The first kappa shape index (κ1) is 13.4. The van der Waals surface area contributed by atoms with Gasteiger partial charge in [-0.15, -0.1) is 0 Å². The molecule has 0 aromatic carbocycles. The van der Waals surface area contributed by atoms with Crippen molar-refractivity contribution in [2.75, 3.05) is 6.54 Å². The standard InChI is InChI=1S/C15H30N2/c1-12-4-5-13(10-12)17-15(11-16)8-6-14(2,3)7-9-15/h12-13,17H,4-11,16H2,1-3H3. The molecule has 0 bridgehead atoms. The normalized spacial score (nSPS) is 36.0. The van der Waals surface area contributed by atoms with Crippen LogP contribution in [0.3, 0.4) is 0 Å². The summed E-state index contributed by atoms with van der Waals surface area (Å²) in [6.45, 7) is 7.98. The van der Waals surface area contributed by atoms with Crippen molar-refractivity contribution in [2.24, 2.45) is 17.1 Å². The van der Waals surface area contributed by atoms with Gasteiger partial charge < -0.3 is 11.1 Å². The fourth-order valence-electron chi connectivity index (χ4n) is 3.58. The van der Waals surface area contributed by atoms with E-state index < -0.39 is 0 Å². The van der Waals surface area contributed by atoms with E-state index in [0.717, 1.165) is 18.5 Å². The van der Waals surface area contributed by atoms with E-state index in [1.165, 1.54) is 44.9 Å². The second-order valence-corrected chi connectivity index (χ2v) is 7.41. The zero-order valence-electron chi connectivity index (χ0n) is 11.9. The Labute approximate surface area is 107 Å². The van der Waals surface area contributed by atoms with Crippen molar-refractivity contribution in [2.45, 2.75) is 77.3 Å². The Bertz CT molecular complexity index is 250. The first-order valence-electron chi connectivity index (χ1n) is 7.43. The largest absolute Gasteiger partial charge is 0.329 e. The lowest BCUT2D eigenvalue weighted by Crippen LogP contribution is -2.57. The summed E-state index contributed by atoms with van der Waals surface area (Å²) in [6.07, 6.45) is 9.27. The Kier molecular flexibility index (Phi) is 3.84. The van der Waals surface area contributed by atoms with Crippen molar-refractivity contribution < 1.29 is 0 Å². The number of rotatable bonds is 3. The molecule has 0 amide bonds. The molecule has 0 saturated heterocycles. The molecule has 2 nitrogen and oxygen atoms in total. The molecular weight excluding hydrogens is 208 g/mol. The second kappa shape index (κ2) is 4.89. The van der Waals surface area contributed by atoms with Gasteiger partial charge in [-0.2, -0.15) is 0 Å². The Morgan fingerprint density at radius 3 is 2.24 bits per heavy atom. The molecule has 17 heavy (non-hydrogen) atoms. The average Bonchev–Trinajstić information content (AvgIpc) is 2.68. The molecule has 2 aliphatic carbocycles. The van der Waals surface area contributed by atoms with Crippen LogP contribution in [0.1, 0.15) is 65.7 Å². The topological polar surface area (TPSA) is 38.0 Å². The first-order chi connectivity index (χ1) is 7.95. The van der Waals surface area contributed by atoms with Crippen molar-refractivity contribution in [1.82, 2.24) is 5.32 Å². The zero-order valence-corrected chi connectivity index (χ0v) is 11.9. The van der Waals surface area contributed by atoms with E-state index >= 15 is 0 Å². The summed E-state index contributed by atoms with van der Waals surface area (Å²) in [5, 5.41) is 3.92. The van der Waals surface area contributed by atoms with Crippen LogP contribution in [-0.2, 0) is 0 Å². The van der Waals surface area contributed by atoms with Gasteiger partial charge in [-0.05, 0) is 56.3 Å². The third-order valence-electron chi connectivity index (χ3n) is 5.16. The number of hydrogen-bond donors (Lipinski definition) is 2. The SMILES string of the molecule is CC1CCC(NC2(CN)CCC(C)(C)CC2)C1. The predicted molar refractivity (Wildman–Crippen MR) is 74.0 cm³/mol. The zero-order chi connectivity index (χ0) is 12.5. The summed E-state index contributed by atoms with van der Waals surface area (Å²) in [6, 6.07) is 0.731. The summed E-state index contributed by atoms with van der Waals surface area (Å²) >= 11 is 0. The average molecular weight is 238 g/mol. The van der Waals surface area contributed by atoms with Gasteiger partial charge in [-0.3, -0.25) is 0 Å². The Hall–Kier alpha value is -0.0800. The molecule has 2 saturated carbocycles. The molecule has 0 radical (unpaired) electrons. The van der Waals surface area contributed by atoms with Crippen LogP contribution in [0.4, 0.5) is 0 Å². The van der Waals surface area contributed by atoms with Gasteiger partial charge in [-0.25, -0.2) is 0 Å². The summed E-state index contributed by atoms with van der Waals surface area (Å²) in [5.74, 6) is 0.905. The summed E-state index contributed by atoms with van der Waals surface area (Å²) in [5.41, 5.74) is 6.86. The molecule has 2 aliphatic rings. The second-order valence-electron chi connectivity index (χ2n) is 7.41. The van der Waals surface area contributed by atoms with Crippen molar-refractivity contribution in [3.63, 3.8) is 0 Å². The van der Waals surface area contributed by atoms with Crippen LogP contribution in [0.25, 0.3) is 0 Å². The predicted octanol–water partition coefficient (Wildman–Crippen LogP) is 3.06. The third-order valence-corrected chi connectivity index (χ3v) is 5.16. The fraction of sp³-hybridized carbons (Fsp3) is 1.00. The molecule has 2 unspecified atom stereocenters. The van der Waals surface area contributed by atoms with Crippen LogP contribution in [0.15, 0.2) is 0 Å². The molecule has 3 N–H and O–H groups in total. The van der Waals surface area contributed by atoms with E-state index in [4.69, 9.17) is 5.73 Å². The van der Waals surface area contributed by atoms with Gasteiger partial charge in [0.15, 0.2) is 0 Å². The number of nitrogens with two attached hydrogens (primary N) is 1. The fourth-order valence-corrected chi connectivity index (χ4v) is 3.58. The van der Waals surface area contributed by atoms with Crippen molar-refractivity contribution >= 4 is 0 Å². The van der Waals surface area contributed by atoms with Gasteiger partial charge in [0, 0.05) is 18.1 Å². The van der Waals surface area contributed by atoms with Crippen molar-refractivity contribution in [1.29, 1.82) is 0 Å². The summed E-state index contributed by atoms with van der Waals surface area (Å²) < 4.78 is 0. The lowest BCUT2D eigenvalue weighted by atomic mass is 9.69. The molecule has 0 heterocycles. The first-order valence-corrected chi connectivity index (χ1v) is 7.43. The highest BCUT2D eigenvalue weighted by Crippen LogP contribution is 2.40. The molecule has 0 aromatic heterocycles. The molecule has 0 aliphatic heterocycles. The van der Waals surface area contributed by atoms with Crippen LogP contribution in [0, 0.1) is 11.3 Å². The van der Waals surface area contributed by atoms with E-state index in [9.17, 15) is 0 Å². The van der Waals surface area contributed by atoms with Gasteiger partial charge in [0.05, 0.1) is 0 Å². The molecular formula is C15H30N2. The summed E-state index contributed by atoms with van der Waals surface area (Å²) in [4.78, 5) is 0. The van der Waals surface area contributed by atoms with Gasteiger partial charge >= 0.3 is 0 Å². The van der Waals surface area contributed by atoms with E-state index in [1.807, 2.05) is 0 Å². The maximum atomic E-state index is 6.08. The van der Waals surface area contributed by atoms with Crippen LogP contribution in [0.5, 0.6) is 0 Å². The molecule has 100 valence electrons. The molecule has 2 atom stereocenters. The highest BCUT2D eigenvalue weighted by atomic mass is 15.0. The number of nitrogens with one attached hydrogen (secondary N) is 1. The lowest BCUT2D eigenvalue weighted by molar-refractivity contribution is 0.128. The van der Waals surface area contributed by atoms with E-state index in [-0.39, 0.29) is 5.54 Å². The Morgan fingerprint density at radius 1 is 1.12 bits per heavy atom. The van der Waals surface area contributed by atoms with Gasteiger partial charge in [-0.1, -0.05) is 20.8 Å². The van der Waals surface area contributed by atoms with Crippen LogP contribution >= 0.6 is 0 Å². The Morgan fingerprint density at radius 2 is 1.76 bits per heavy atom. The van der Waals surface area contributed by atoms with Gasteiger partial charge in [0.1, 0.15) is 0 Å². The highest BCUT2D eigenvalue weighted by molar-refractivity contribution is 4.98. The minimum Gasteiger partial charge on any atom is -0.329 e. The van der Waals surface area contributed by atoms with Gasteiger partial charge in [0.2, 0.25) is 0 Å². The minimum absolute atomic E-state index is 0.254. The highest BCUT2D eigenvalue weighted by Gasteiger charge is 2.39.